The average molecular weight is 127 g/mol. The third kappa shape index (κ3) is 1.07. The highest BCUT2D eigenvalue weighted by Gasteiger charge is 1.96. The lowest BCUT2D eigenvalue weighted by molar-refractivity contribution is 0.628. The fourth-order valence-corrected chi connectivity index (χ4v) is 0.474. The lowest BCUT2D eigenvalue weighted by Gasteiger charge is -1.94. The SMILES string of the molecule is Nc1ccc(F)c(N)n1. The topological polar surface area (TPSA) is 64.9 Å². The molecule has 0 saturated heterocycles. The maximum absolute atomic E-state index is 12.3. The van der Waals surface area contributed by atoms with E-state index in [1.807, 2.05) is 0 Å². The summed E-state index contributed by atoms with van der Waals surface area (Å²) in [4.78, 5) is 3.45. The number of hydrogen-bond acceptors (Lipinski definition) is 3. The van der Waals surface area contributed by atoms with Crippen molar-refractivity contribution in [1.82, 2.24) is 4.98 Å². The molecule has 0 amide bonds. The van der Waals surface area contributed by atoms with Crippen LogP contribution in [0, 0.1) is 5.82 Å². The predicted octanol–water partition coefficient (Wildman–Crippen LogP) is 0.385. The van der Waals surface area contributed by atoms with Gasteiger partial charge in [0.05, 0.1) is 0 Å². The summed E-state index contributed by atoms with van der Waals surface area (Å²) in [7, 11) is 0. The first-order chi connectivity index (χ1) is 4.20. The molecule has 0 bridgehead atoms. The summed E-state index contributed by atoms with van der Waals surface area (Å²) in [5.74, 6) is -0.465. The van der Waals surface area contributed by atoms with Gasteiger partial charge in [0.15, 0.2) is 11.6 Å². The zero-order chi connectivity index (χ0) is 6.85. The summed E-state index contributed by atoms with van der Waals surface area (Å²) in [6.07, 6.45) is 0. The minimum absolute atomic E-state index is 0.157. The Morgan fingerprint density at radius 2 is 2.00 bits per heavy atom. The van der Waals surface area contributed by atoms with Crippen molar-refractivity contribution in [3.8, 4) is 0 Å². The first-order valence-corrected chi connectivity index (χ1v) is 2.37. The number of anilines is 2. The molecule has 4 N–H and O–H groups in total. The Hall–Kier alpha value is -1.32. The zero-order valence-electron chi connectivity index (χ0n) is 4.63. The molecule has 0 aliphatic carbocycles. The van der Waals surface area contributed by atoms with Gasteiger partial charge in [-0.25, -0.2) is 9.37 Å². The summed E-state index contributed by atoms with van der Waals surface area (Å²) >= 11 is 0. The van der Waals surface area contributed by atoms with E-state index in [-0.39, 0.29) is 11.6 Å². The van der Waals surface area contributed by atoms with Gasteiger partial charge in [-0.15, -0.1) is 0 Å². The van der Waals surface area contributed by atoms with Crippen LogP contribution in [0.1, 0.15) is 0 Å². The Morgan fingerprint density at radius 1 is 1.33 bits per heavy atom. The van der Waals surface area contributed by atoms with Crippen LogP contribution < -0.4 is 11.5 Å². The molecule has 1 aromatic heterocycles. The summed E-state index contributed by atoms with van der Waals surface area (Å²) < 4.78 is 12.3. The van der Waals surface area contributed by atoms with E-state index in [1.54, 1.807) is 0 Å². The van der Waals surface area contributed by atoms with Gasteiger partial charge in [-0.1, -0.05) is 0 Å². The van der Waals surface area contributed by atoms with Gasteiger partial charge < -0.3 is 11.5 Å². The van der Waals surface area contributed by atoms with Crippen molar-refractivity contribution < 1.29 is 4.39 Å². The predicted molar refractivity (Wildman–Crippen MR) is 33.0 cm³/mol. The lowest BCUT2D eigenvalue weighted by Crippen LogP contribution is -1.97. The van der Waals surface area contributed by atoms with E-state index in [1.165, 1.54) is 12.1 Å². The molecule has 48 valence electrons. The number of nitrogens with two attached hydrogens (primary N) is 2. The molecule has 0 radical (unpaired) electrons. The number of halogens is 1. The lowest BCUT2D eigenvalue weighted by atomic mass is 10.4. The first-order valence-electron chi connectivity index (χ1n) is 2.37. The van der Waals surface area contributed by atoms with E-state index in [4.69, 9.17) is 11.5 Å². The van der Waals surface area contributed by atoms with Gasteiger partial charge in [0.2, 0.25) is 0 Å². The molecule has 0 aromatic carbocycles. The Balaban J connectivity index is 3.17. The fraction of sp³-hybridized carbons (Fsp3) is 0. The van der Waals surface area contributed by atoms with Crippen LogP contribution in [0.2, 0.25) is 0 Å². The molecule has 0 fully saturated rings. The van der Waals surface area contributed by atoms with Crippen LogP contribution in [-0.4, -0.2) is 4.98 Å². The van der Waals surface area contributed by atoms with Crippen LogP contribution in [-0.2, 0) is 0 Å². The molecule has 0 aliphatic heterocycles. The third-order valence-corrected chi connectivity index (χ3v) is 0.895. The summed E-state index contributed by atoms with van der Waals surface area (Å²) in [6.45, 7) is 0. The van der Waals surface area contributed by atoms with Crippen LogP contribution in [0.5, 0.6) is 0 Å². The number of nitrogen functional groups attached to an aromatic ring is 2. The highest BCUT2D eigenvalue weighted by atomic mass is 19.1. The summed E-state index contributed by atoms with van der Waals surface area (Å²) in [5.41, 5.74) is 10.2. The Morgan fingerprint density at radius 3 is 2.44 bits per heavy atom. The van der Waals surface area contributed by atoms with Crippen molar-refractivity contribution in [2.75, 3.05) is 11.5 Å². The summed E-state index contributed by atoms with van der Waals surface area (Å²) in [5, 5.41) is 0. The molecule has 1 aromatic rings. The molecule has 0 saturated carbocycles. The third-order valence-electron chi connectivity index (χ3n) is 0.895. The van der Waals surface area contributed by atoms with Crippen LogP contribution in [0.3, 0.4) is 0 Å². The van der Waals surface area contributed by atoms with Crippen molar-refractivity contribution >= 4 is 11.6 Å². The smallest absolute Gasteiger partial charge is 0.165 e. The van der Waals surface area contributed by atoms with Gasteiger partial charge in [0.25, 0.3) is 0 Å². The van der Waals surface area contributed by atoms with E-state index >= 15 is 0 Å². The molecule has 0 atom stereocenters. The van der Waals surface area contributed by atoms with Crippen LogP contribution in [0.15, 0.2) is 12.1 Å². The molecular formula is C5H6FN3. The number of rotatable bonds is 0. The first kappa shape index (κ1) is 5.81. The molecule has 1 heterocycles. The number of pyridine rings is 1. The van der Waals surface area contributed by atoms with Crippen LogP contribution >= 0.6 is 0 Å². The van der Waals surface area contributed by atoms with E-state index in [0.29, 0.717) is 0 Å². The van der Waals surface area contributed by atoms with E-state index < -0.39 is 5.82 Å². The molecular weight excluding hydrogens is 121 g/mol. The van der Waals surface area contributed by atoms with E-state index in [2.05, 4.69) is 4.98 Å². The highest BCUT2D eigenvalue weighted by Crippen LogP contribution is 2.07. The Kier molecular flexibility index (Phi) is 1.22. The van der Waals surface area contributed by atoms with Gasteiger partial charge in [-0.3, -0.25) is 0 Å². The second-order valence-corrected chi connectivity index (χ2v) is 1.60. The Bertz CT molecular complexity index is 223. The molecule has 9 heavy (non-hydrogen) atoms. The van der Waals surface area contributed by atoms with Crippen LogP contribution in [0.25, 0.3) is 0 Å². The minimum Gasteiger partial charge on any atom is -0.384 e. The second-order valence-electron chi connectivity index (χ2n) is 1.60. The van der Waals surface area contributed by atoms with Crippen LogP contribution in [0.4, 0.5) is 16.0 Å². The largest absolute Gasteiger partial charge is 0.384 e. The maximum Gasteiger partial charge on any atom is 0.165 e. The van der Waals surface area contributed by atoms with E-state index in [9.17, 15) is 4.39 Å². The highest BCUT2D eigenvalue weighted by molar-refractivity contribution is 5.39. The van der Waals surface area contributed by atoms with Crippen molar-refractivity contribution in [2.45, 2.75) is 0 Å². The molecule has 0 spiro atoms. The molecule has 4 heteroatoms. The van der Waals surface area contributed by atoms with Gasteiger partial charge in [0, 0.05) is 0 Å². The monoisotopic (exact) mass is 127 g/mol. The number of nitrogens with zero attached hydrogens (tertiary/aromatic N) is 1. The zero-order valence-corrected chi connectivity index (χ0v) is 4.63. The molecule has 0 aliphatic rings. The standard InChI is InChI=1S/C5H6FN3/c6-3-1-2-4(7)9-5(3)8/h1-2H,(H4,7,8,9). The molecule has 1 rings (SSSR count). The summed E-state index contributed by atoms with van der Waals surface area (Å²) in [6, 6.07) is 2.53. The Labute approximate surface area is 51.5 Å². The van der Waals surface area contributed by atoms with Gasteiger partial charge in [-0.05, 0) is 12.1 Å². The normalized spacial score (nSPS) is 9.44. The fourth-order valence-electron chi connectivity index (χ4n) is 0.474. The van der Waals surface area contributed by atoms with Crippen molar-refractivity contribution in [2.24, 2.45) is 0 Å². The van der Waals surface area contributed by atoms with Crippen molar-refractivity contribution in [3.63, 3.8) is 0 Å². The maximum atomic E-state index is 12.3. The average Bonchev–Trinajstić information content (AvgIpc) is 1.80. The van der Waals surface area contributed by atoms with Crippen molar-refractivity contribution in [3.05, 3.63) is 17.9 Å². The van der Waals surface area contributed by atoms with E-state index in [0.717, 1.165) is 0 Å². The van der Waals surface area contributed by atoms with Gasteiger partial charge in [0.1, 0.15) is 5.82 Å². The molecule has 0 unspecified atom stereocenters. The number of aromatic nitrogens is 1. The molecule has 3 nitrogen and oxygen atoms in total. The van der Waals surface area contributed by atoms with Gasteiger partial charge in [-0.2, -0.15) is 0 Å². The quantitative estimate of drug-likeness (QED) is 0.529. The second kappa shape index (κ2) is 1.89. The van der Waals surface area contributed by atoms with Gasteiger partial charge >= 0.3 is 0 Å². The van der Waals surface area contributed by atoms with Crippen molar-refractivity contribution in [1.29, 1.82) is 0 Å². The minimum atomic E-state index is -0.538. The number of hydrogen-bond donors (Lipinski definition) is 2.